The van der Waals surface area contributed by atoms with Gasteiger partial charge in [-0.1, -0.05) is 64.4 Å². The Morgan fingerprint density at radius 3 is 2.25 bits per heavy atom. The van der Waals surface area contributed by atoms with Crippen LogP contribution in [0.2, 0.25) is 0 Å². The Morgan fingerprint density at radius 1 is 1.17 bits per heavy atom. The van der Waals surface area contributed by atoms with Crippen molar-refractivity contribution >= 4 is 46.8 Å². The van der Waals surface area contributed by atoms with Crippen LogP contribution >= 0.6 is 40.7 Å². The van der Waals surface area contributed by atoms with Gasteiger partial charge in [-0.3, -0.25) is 0 Å². The Kier molecular flexibility index (Phi) is 4.39. The van der Waals surface area contributed by atoms with Crippen LogP contribution in [0.4, 0.5) is 0 Å². The number of rotatable bonds is 2. The van der Waals surface area contributed by atoms with E-state index in [1.807, 2.05) is 30.3 Å². The predicted octanol–water partition coefficient (Wildman–Crippen LogP) is 5.01. The van der Waals surface area contributed by atoms with E-state index in [2.05, 4.69) is 0 Å². The van der Waals surface area contributed by atoms with Gasteiger partial charge in [-0.15, -0.1) is 0 Å². The molecule has 0 amide bonds. The molecule has 4 heteroatoms. The van der Waals surface area contributed by atoms with Gasteiger partial charge < -0.3 is 0 Å². The molecule has 0 saturated carbocycles. The van der Waals surface area contributed by atoms with Crippen LogP contribution in [0.3, 0.4) is 0 Å². The van der Waals surface area contributed by atoms with Crippen molar-refractivity contribution in [1.29, 1.82) is 0 Å². The van der Waals surface area contributed by atoms with E-state index >= 15 is 0 Å². The molecule has 0 aliphatic rings. The van der Waals surface area contributed by atoms with E-state index in [0.717, 1.165) is 5.56 Å². The maximum absolute atomic E-state index is 5.78. The minimum Gasteiger partial charge on any atom is -0.0812 e. The van der Waals surface area contributed by atoms with Crippen molar-refractivity contribution in [3.63, 3.8) is 0 Å². The van der Waals surface area contributed by atoms with Crippen molar-refractivity contribution in [2.75, 3.05) is 0 Å². The topological polar surface area (TPSA) is 0 Å². The van der Waals surface area contributed by atoms with Gasteiger partial charge in [0, 0.05) is 0 Å². The van der Waals surface area contributed by atoms with Crippen molar-refractivity contribution < 1.29 is 0 Å². The highest BCUT2D eigenvalue weighted by Gasteiger charge is 2.03. The second kappa shape index (κ2) is 5.09. The normalized spacial score (nSPS) is 12.2. The molecule has 0 fully saturated rings. The average molecular weight is 239 g/mol. The molecule has 1 aromatic rings. The Hall–Kier alpha value is 0.260. The Bertz CT molecular complexity index is 269. The van der Waals surface area contributed by atoms with E-state index in [1.165, 1.54) is 0 Å². The van der Waals surface area contributed by atoms with Gasteiger partial charge >= 0.3 is 0 Å². The van der Waals surface area contributed by atoms with Gasteiger partial charge in [0.05, 0.1) is 4.77 Å². The molecule has 0 aromatic heterocycles. The van der Waals surface area contributed by atoms with Crippen molar-refractivity contribution in [2.45, 2.75) is 0 Å². The molecule has 0 nitrogen and oxygen atoms in total. The van der Waals surface area contributed by atoms with E-state index in [1.54, 1.807) is 6.08 Å². The third-order valence-electron chi connectivity index (χ3n) is 1.25. The third kappa shape index (κ3) is 3.33. The van der Waals surface area contributed by atoms with Gasteiger partial charge in [-0.2, -0.15) is 0 Å². The molecule has 64 valence electrons. The summed E-state index contributed by atoms with van der Waals surface area (Å²) in [4.78, 5) is 0. The minimum atomic E-state index is -1.21. The molecule has 0 aliphatic carbocycles. The lowest BCUT2D eigenvalue weighted by atomic mass is 10.2. The van der Waals surface area contributed by atoms with Crippen LogP contribution < -0.4 is 0 Å². The van der Waals surface area contributed by atoms with Gasteiger partial charge in [0.2, 0.25) is 0 Å². The fraction of sp³-hybridized carbons (Fsp3) is 0. The Morgan fingerprint density at radius 2 is 1.75 bits per heavy atom. The van der Waals surface area contributed by atoms with Crippen LogP contribution in [0.15, 0.2) is 35.1 Å². The number of halogens is 3. The van der Waals surface area contributed by atoms with Crippen LogP contribution in [0, 0.1) is 0 Å². The molecule has 0 atom stereocenters. The number of hydrogen-bond donors (Lipinski definition) is 0. The fourth-order valence-electron chi connectivity index (χ4n) is 0.736. The van der Waals surface area contributed by atoms with E-state index in [0.29, 0.717) is 4.77 Å². The fourth-order valence-corrected chi connectivity index (χ4v) is 1.40. The zero-order valence-electron chi connectivity index (χ0n) is 6.05. The zero-order chi connectivity index (χ0) is 8.97. The largest absolute Gasteiger partial charge is 0.128 e. The van der Waals surface area contributed by atoms with Gasteiger partial charge in [0.25, 0.3) is 0 Å². The molecule has 0 unspecified atom stereocenters. The first-order valence-corrected chi connectivity index (χ1v) is 6.77. The second-order valence-corrected chi connectivity index (χ2v) is 6.28. The first kappa shape index (κ1) is 10.3. The van der Waals surface area contributed by atoms with Gasteiger partial charge in [-0.25, -0.2) is 0 Å². The molecule has 0 bridgehead atoms. The molecule has 0 N–H and O–H groups in total. The maximum Gasteiger partial charge on any atom is 0.128 e. The highest BCUT2D eigenvalue weighted by molar-refractivity contribution is 8.07. The molecule has 1 aromatic carbocycles. The first-order chi connectivity index (χ1) is 5.70. The summed E-state index contributed by atoms with van der Waals surface area (Å²) in [6.07, 6.45) is 1.77. The smallest absolute Gasteiger partial charge is 0.0812 e. The van der Waals surface area contributed by atoms with E-state index < -0.39 is 6.63 Å². The minimum absolute atomic E-state index is 0.500. The summed E-state index contributed by atoms with van der Waals surface area (Å²) in [7, 11) is 0. The maximum atomic E-state index is 5.78. The Balaban J connectivity index is 2.81. The quantitative estimate of drug-likeness (QED) is 0.636. The number of benzene rings is 1. The molecule has 0 heterocycles. The van der Waals surface area contributed by atoms with Gasteiger partial charge in [0.1, 0.15) is 6.63 Å². The molecule has 0 saturated heterocycles. The summed E-state index contributed by atoms with van der Waals surface area (Å²) in [5.41, 5.74) is 1.01. The Labute approximate surface area is 87.5 Å². The van der Waals surface area contributed by atoms with Crippen LogP contribution in [-0.4, -0.2) is 0 Å². The predicted molar refractivity (Wildman–Crippen MR) is 58.9 cm³/mol. The SMILES string of the molecule is Cl/C(=C/c1ccccc1)P(Cl)Cl. The summed E-state index contributed by atoms with van der Waals surface area (Å²) < 4.78 is 0.500. The summed E-state index contributed by atoms with van der Waals surface area (Å²) in [5, 5.41) is 0. The second-order valence-electron chi connectivity index (χ2n) is 2.11. The monoisotopic (exact) mass is 238 g/mol. The molecular weight excluding hydrogens is 233 g/mol. The lowest BCUT2D eigenvalue weighted by Crippen LogP contribution is -1.68. The third-order valence-corrected chi connectivity index (χ3v) is 3.93. The van der Waals surface area contributed by atoms with Crippen LogP contribution in [-0.2, 0) is 0 Å². The molecule has 12 heavy (non-hydrogen) atoms. The van der Waals surface area contributed by atoms with Gasteiger partial charge in [-0.05, 0) is 11.6 Å². The lowest BCUT2D eigenvalue weighted by Gasteiger charge is -1.97. The summed E-state index contributed by atoms with van der Waals surface area (Å²) in [6.45, 7) is -1.21. The highest BCUT2D eigenvalue weighted by Crippen LogP contribution is 2.56. The van der Waals surface area contributed by atoms with Crippen molar-refractivity contribution in [3.05, 3.63) is 40.7 Å². The number of hydrogen-bond acceptors (Lipinski definition) is 0. The summed E-state index contributed by atoms with van der Waals surface area (Å²) in [5.74, 6) is 0. The molecule has 1 rings (SSSR count). The summed E-state index contributed by atoms with van der Waals surface area (Å²) in [6, 6.07) is 9.68. The first-order valence-electron chi connectivity index (χ1n) is 3.24. The lowest BCUT2D eigenvalue weighted by molar-refractivity contribution is 1.66. The summed E-state index contributed by atoms with van der Waals surface area (Å²) >= 11 is 17.0. The zero-order valence-corrected chi connectivity index (χ0v) is 9.21. The van der Waals surface area contributed by atoms with E-state index in [-0.39, 0.29) is 0 Å². The highest BCUT2D eigenvalue weighted by atomic mass is 35.9. The molecule has 0 aliphatic heterocycles. The van der Waals surface area contributed by atoms with Crippen LogP contribution in [0.25, 0.3) is 6.08 Å². The van der Waals surface area contributed by atoms with E-state index in [4.69, 9.17) is 34.1 Å². The van der Waals surface area contributed by atoms with Crippen LogP contribution in [0.5, 0.6) is 0 Å². The van der Waals surface area contributed by atoms with Crippen molar-refractivity contribution in [2.24, 2.45) is 0 Å². The standard InChI is InChI=1S/C8H6Cl3P/c9-8(12(10)11)6-7-4-2-1-3-5-7/h1-6H/b8-6-. The average Bonchev–Trinajstić information content (AvgIpc) is 2.06. The van der Waals surface area contributed by atoms with E-state index in [9.17, 15) is 0 Å². The molecule has 0 radical (unpaired) electrons. The van der Waals surface area contributed by atoms with Gasteiger partial charge in [0.15, 0.2) is 0 Å². The van der Waals surface area contributed by atoms with Crippen LogP contribution in [0.1, 0.15) is 5.56 Å². The van der Waals surface area contributed by atoms with Crippen molar-refractivity contribution in [3.8, 4) is 0 Å². The van der Waals surface area contributed by atoms with Crippen molar-refractivity contribution in [1.82, 2.24) is 0 Å². The molecule has 0 spiro atoms. The molecular formula is C8H6Cl3P.